The fourth-order valence-corrected chi connectivity index (χ4v) is 4.90. The Labute approximate surface area is 199 Å². The molecule has 0 N–H and O–H groups in total. The zero-order chi connectivity index (χ0) is 24.2. The van der Waals surface area contributed by atoms with Crippen molar-refractivity contribution in [3.63, 3.8) is 0 Å². The van der Waals surface area contributed by atoms with Crippen molar-refractivity contribution in [2.45, 2.75) is 38.7 Å². The summed E-state index contributed by atoms with van der Waals surface area (Å²) in [7, 11) is -4.21. The van der Waals surface area contributed by atoms with E-state index >= 15 is 0 Å². The normalized spacial score (nSPS) is 12.2. The topological polar surface area (TPSA) is 72.9 Å². The number of aryl methyl sites for hydroxylation is 2. The SMILES string of the molecule is CCOc1ccc(N(C(=O)C(C)Oc2ccc(Cl)cc2C)S(=O)(=O)c2ccc(C)cc2)cc1. The maximum atomic E-state index is 13.6. The first-order chi connectivity index (χ1) is 15.6. The number of sulfonamides is 1. The van der Waals surface area contributed by atoms with Crippen LogP contribution in [0.3, 0.4) is 0 Å². The van der Waals surface area contributed by atoms with Crippen molar-refractivity contribution in [3.8, 4) is 11.5 Å². The average molecular weight is 488 g/mol. The van der Waals surface area contributed by atoms with E-state index in [-0.39, 0.29) is 10.6 Å². The van der Waals surface area contributed by atoms with Gasteiger partial charge >= 0.3 is 0 Å². The van der Waals surface area contributed by atoms with Crippen LogP contribution >= 0.6 is 11.6 Å². The van der Waals surface area contributed by atoms with Gasteiger partial charge in [0.15, 0.2) is 6.10 Å². The maximum Gasteiger partial charge on any atom is 0.281 e. The van der Waals surface area contributed by atoms with Gasteiger partial charge in [-0.15, -0.1) is 0 Å². The van der Waals surface area contributed by atoms with Crippen LogP contribution < -0.4 is 13.8 Å². The highest BCUT2D eigenvalue weighted by atomic mass is 35.5. The molecule has 3 aromatic rings. The molecule has 3 rings (SSSR count). The van der Waals surface area contributed by atoms with Crippen LogP contribution in [0.4, 0.5) is 5.69 Å². The maximum absolute atomic E-state index is 13.6. The highest BCUT2D eigenvalue weighted by molar-refractivity contribution is 7.93. The predicted molar refractivity (Wildman–Crippen MR) is 130 cm³/mol. The third-order valence-electron chi connectivity index (χ3n) is 4.93. The van der Waals surface area contributed by atoms with E-state index in [1.165, 1.54) is 31.2 Å². The monoisotopic (exact) mass is 487 g/mol. The van der Waals surface area contributed by atoms with Crippen molar-refractivity contribution in [1.82, 2.24) is 0 Å². The molecule has 1 atom stereocenters. The summed E-state index contributed by atoms with van der Waals surface area (Å²) in [6.07, 6.45) is -1.09. The Bertz CT molecular complexity index is 1220. The van der Waals surface area contributed by atoms with Crippen molar-refractivity contribution in [3.05, 3.63) is 82.9 Å². The minimum absolute atomic E-state index is 0.00482. The van der Waals surface area contributed by atoms with Gasteiger partial charge in [-0.3, -0.25) is 4.79 Å². The lowest BCUT2D eigenvalue weighted by atomic mass is 10.2. The van der Waals surface area contributed by atoms with E-state index in [1.54, 1.807) is 49.4 Å². The molecule has 0 heterocycles. The van der Waals surface area contributed by atoms with Crippen LogP contribution in [0.1, 0.15) is 25.0 Å². The van der Waals surface area contributed by atoms with Crippen LogP contribution in [0.15, 0.2) is 71.6 Å². The van der Waals surface area contributed by atoms with E-state index in [0.29, 0.717) is 23.1 Å². The summed E-state index contributed by atoms with van der Waals surface area (Å²) in [5, 5.41) is 0.539. The number of halogens is 1. The third kappa shape index (κ3) is 5.67. The fraction of sp³-hybridized carbons (Fsp3) is 0.240. The smallest absolute Gasteiger partial charge is 0.281 e. The van der Waals surface area contributed by atoms with Crippen molar-refractivity contribution in [1.29, 1.82) is 0 Å². The first kappa shape index (κ1) is 24.6. The highest BCUT2D eigenvalue weighted by Crippen LogP contribution is 2.29. The molecule has 0 fully saturated rings. The van der Waals surface area contributed by atoms with Gasteiger partial charge in [-0.25, -0.2) is 8.42 Å². The first-order valence-electron chi connectivity index (χ1n) is 10.4. The van der Waals surface area contributed by atoms with Crippen LogP contribution in [0.25, 0.3) is 0 Å². The molecule has 1 amide bonds. The second-order valence-corrected chi connectivity index (χ2v) is 9.74. The number of anilines is 1. The molecule has 0 saturated carbocycles. The minimum Gasteiger partial charge on any atom is -0.494 e. The number of benzene rings is 3. The van der Waals surface area contributed by atoms with Gasteiger partial charge in [0.25, 0.3) is 15.9 Å². The van der Waals surface area contributed by atoms with E-state index in [0.717, 1.165) is 15.4 Å². The van der Waals surface area contributed by atoms with Gasteiger partial charge in [-0.2, -0.15) is 4.31 Å². The van der Waals surface area contributed by atoms with Gasteiger partial charge in [-0.05, 0) is 87.9 Å². The second-order valence-electron chi connectivity index (χ2n) is 7.52. The van der Waals surface area contributed by atoms with Gasteiger partial charge in [0.1, 0.15) is 11.5 Å². The summed E-state index contributed by atoms with van der Waals surface area (Å²) in [5.41, 5.74) is 1.83. The van der Waals surface area contributed by atoms with E-state index in [1.807, 2.05) is 13.8 Å². The summed E-state index contributed by atoms with van der Waals surface area (Å²) in [6.45, 7) is 7.49. The molecular weight excluding hydrogens is 462 g/mol. The molecule has 1 unspecified atom stereocenters. The molecule has 0 spiro atoms. The predicted octanol–water partition coefficient (Wildman–Crippen LogP) is 5.54. The minimum atomic E-state index is -4.21. The molecule has 0 aliphatic rings. The van der Waals surface area contributed by atoms with Crippen LogP contribution in [-0.2, 0) is 14.8 Å². The van der Waals surface area contributed by atoms with Crippen molar-refractivity contribution in [2.75, 3.05) is 10.9 Å². The Morgan fingerprint density at radius 1 is 1.00 bits per heavy atom. The Morgan fingerprint density at radius 2 is 1.64 bits per heavy atom. The molecule has 0 aliphatic carbocycles. The molecule has 33 heavy (non-hydrogen) atoms. The van der Waals surface area contributed by atoms with Crippen LogP contribution in [0.5, 0.6) is 11.5 Å². The molecule has 0 aromatic heterocycles. The van der Waals surface area contributed by atoms with Crippen molar-refractivity contribution < 1.29 is 22.7 Å². The number of amides is 1. The lowest BCUT2D eigenvalue weighted by molar-refractivity contribution is -0.123. The summed E-state index contributed by atoms with van der Waals surface area (Å²) < 4.78 is 39.2. The molecule has 3 aromatic carbocycles. The van der Waals surface area contributed by atoms with E-state index < -0.39 is 22.0 Å². The number of ether oxygens (including phenoxy) is 2. The number of hydrogen-bond donors (Lipinski definition) is 0. The Balaban J connectivity index is 2.01. The summed E-state index contributed by atoms with van der Waals surface area (Å²) in [4.78, 5) is 13.5. The second kappa shape index (κ2) is 10.3. The van der Waals surface area contributed by atoms with Gasteiger partial charge in [0.2, 0.25) is 0 Å². The number of carbonyl (C=O) groups is 1. The summed E-state index contributed by atoms with van der Waals surface area (Å²) >= 11 is 6.00. The number of rotatable bonds is 8. The lowest BCUT2D eigenvalue weighted by Crippen LogP contribution is -2.44. The van der Waals surface area contributed by atoms with Gasteiger partial charge in [0, 0.05) is 5.02 Å². The third-order valence-corrected chi connectivity index (χ3v) is 6.90. The number of nitrogens with zero attached hydrogens (tertiary/aromatic N) is 1. The van der Waals surface area contributed by atoms with Crippen LogP contribution in [0.2, 0.25) is 5.02 Å². The quantitative estimate of drug-likeness (QED) is 0.416. The Morgan fingerprint density at radius 3 is 2.21 bits per heavy atom. The lowest BCUT2D eigenvalue weighted by Gasteiger charge is -2.26. The molecular formula is C25H26ClNO5S. The molecule has 0 saturated heterocycles. The van der Waals surface area contributed by atoms with Gasteiger partial charge in [0.05, 0.1) is 17.2 Å². The number of hydrogen-bond acceptors (Lipinski definition) is 5. The zero-order valence-electron chi connectivity index (χ0n) is 18.9. The number of carbonyl (C=O) groups excluding carboxylic acids is 1. The largest absolute Gasteiger partial charge is 0.494 e. The average Bonchev–Trinajstić information content (AvgIpc) is 2.77. The van der Waals surface area contributed by atoms with Crippen LogP contribution in [-0.4, -0.2) is 27.0 Å². The molecule has 0 aliphatic heterocycles. The van der Waals surface area contributed by atoms with Crippen molar-refractivity contribution >= 4 is 33.2 Å². The van der Waals surface area contributed by atoms with E-state index in [4.69, 9.17) is 21.1 Å². The van der Waals surface area contributed by atoms with Crippen molar-refractivity contribution in [2.24, 2.45) is 0 Å². The zero-order valence-corrected chi connectivity index (χ0v) is 20.5. The summed E-state index contributed by atoms with van der Waals surface area (Å²) in [6, 6.07) is 17.7. The van der Waals surface area contributed by atoms with Gasteiger partial charge in [-0.1, -0.05) is 29.3 Å². The molecule has 8 heteroatoms. The van der Waals surface area contributed by atoms with Crippen LogP contribution in [0, 0.1) is 13.8 Å². The molecule has 6 nitrogen and oxygen atoms in total. The highest BCUT2D eigenvalue weighted by Gasteiger charge is 2.35. The fourth-order valence-electron chi connectivity index (χ4n) is 3.20. The Kier molecular flexibility index (Phi) is 7.66. The van der Waals surface area contributed by atoms with E-state index in [2.05, 4.69) is 0 Å². The Hall–Kier alpha value is -3.03. The molecule has 0 bridgehead atoms. The molecule has 0 radical (unpaired) electrons. The molecule has 174 valence electrons. The van der Waals surface area contributed by atoms with E-state index in [9.17, 15) is 13.2 Å². The summed E-state index contributed by atoms with van der Waals surface area (Å²) in [5.74, 6) is 0.288. The van der Waals surface area contributed by atoms with Gasteiger partial charge < -0.3 is 9.47 Å². The standard InChI is InChI=1S/C25H26ClNO5S/c1-5-31-22-11-9-21(10-12-22)27(33(29,30)23-13-6-17(2)7-14-23)25(28)19(4)32-24-15-8-20(26)16-18(24)3/h6-16,19H,5H2,1-4H3. The first-order valence-corrected chi connectivity index (χ1v) is 12.3.